The SMILES string of the molecule is OC1CCOCC1CN1CCCC1. The van der Waals surface area contributed by atoms with Gasteiger partial charge in [0.1, 0.15) is 0 Å². The average molecular weight is 185 g/mol. The number of ether oxygens (including phenoxy) is 1. The predicted octanol–water partition coefficient (Wildman–Crippen LogP) is 0.480. The molecule has 0 aromatic carbocycles. The molecule has 2 heterocycles. The Hall–Kier alpha value is -0.120. The highest BCUT2D eigenvalue weighted by molar-refractivity contribution is 4.78. The Balaban J connectivity index is 1.78. The molecule has 2 unspecified atom stereocenters. The van der Waals surface area contributed by atoms with Crippen molar-refractivity contribution in [1.29, 1.82) is 0 Å². The first-order chi connectivity index (χ1) is 6.36. The maximum atomic E-state index is 9.72. The minimum Gasteiger partial charge on any atom is -0.393 e. The smallest absolute Gasteiger partial charge is 0.0624 e. The van der Waals surface area contributed by atoms with Gasteiger partial charge in [-0.3, -0.25) is 0 Å². The molecule has 1 N–H and O–H groups in total. The van der Waals surface area contributed by atoms with Gasteiger partial charge in [0.25, 0.3) is 0 Å². The summed E-state index contributed by atoms with van der Waals surface area (Å²) in [7, 11) is 0. The van der Waals surface area contributed by atoms with E-state index in [1.807, 2.05) is 0 Å². The molecule has 76 valence electrons. The van der Waals surface area contributed by atoms with E-state index in [1.54, 1.807) is 0 Å². The Labute approximate surface area is 79.7 Å². The van der Waals surface area contributed by atoms with Crippen LogP contribution in [0.3, 0.4) is 0 Å². The summed E-state index contributed by atoms with van der Waals surface area (Å²) in [6.45, 7) is 4.93. The second kappa shape index (κ2) is 4.40. The van der Waals surface area contributed by atoms with Gasteiger partial charge in [0, 0.05) is 19.1 Å². The van der Waals surface area contributed by atoms with E-state index in [1.165, 1.54) is 25.9 Å². The first-order valence-electron chi connectivity index (χ1n) is 5.34. The molecular formula is C10H19NO2. The monoisotopic (exact) mass is 185 g/mol. The molecule has 0 spiro atoms. The first-order valence-corrected chi connectivity index (χ1v) is 5.34. The highest BCUT2D eigenvalue weighted by atomic mass is 16.5. The second-order valence-corrected chi connectivity index (χ2v) is 4.20. The molecule has 2 saturated heterocycles. The molecule has 0 amide bonds. The Bertz CT molecular complexity index is 157. The molecule has 0 aromatic heterocycles. The van der Waals surface area contributed by atoms with Crippen molar-refractivity contribution in [2.75, 3.05) is 32.8 Å². The largest absolute Gasteiger partial charge is 0.393 e. The van der Waals surface area contributed by atoms with Gasteiger partial charge in [0.05, 0.1) is 12.7 Å². The Morgan fingerprint density at radius 1 is 1.31 bits per heavy atom. The van der Waals surface area contributed by atoms with Gasteiger partial charge >= 0.3 is 0 Å². The molecule has 3 heteroatoms. The zero-order valence-electron chi connectivity index (χ0n) is 8.11. The molecule has 2 aliphatic rings. The normalized spacial score (nSPS) is 36.7. The molecule has 0 radical (unpaired) electrons. The van der Waals surface area contributed by atoms with Crippen LogP contribution in [0.15, 0.2) is 0 Å². The van der Waals surface area contributed by atoms with Crippen LogP contribution in [-0.4, -0.2) is 49.0 Å². The summed E-state index contributed by atoms with van der Waals surface area (Å²) in [6, 6.07) is 0. The fourth-order valence-electron chi connectivity index (χ4n) is 2.26. The van der Waals surface area contributed by atoms with E-state index in [9.17, 15) is 5.11 Å². The number of nitrogens with zero attached hydrogens (tertiary/aromatic N) is 1. The lowest BCUT2D eigenvalue weighted by atomic mass is 9.98. The summed E-state index contributed by atoms with van der Waals surface area (Å²) < 4.78 is 5.38. The molecule has 0 saturated carbocycles. The number of aliphatic hydroxyl groups excluding tert-OH is 1. The maximum Gasteiger partial charge on any atom is 0.0624 e. The third-order valence-electron chi connectivity index (χ3n) is 3.13. The summed E-state index contributed by atoms with van der Waals surface area (Å²) in [5.74, 6) is 0.354. The number of rotatable bonds is 2. The van der Waals surface area contributed by atoms with Gasteiger partial charge in [0.15, 0.2) is 0 Å². The Kier molecular flexibility index (Phi) is 3.19. The molecule has 3 nitrogen and oxygen atoms in total. The molecule has 13 heavy (non-hydrogen) atoms. The molecule has 2 atom stereocenters. The zero-order valence-corrected chi connectivity index (χ0v) is 8.11. The lowest BCUT2D eigenvalue weighted by Gasteiger charge is -2.30. The van der Waals surface area contributed by atoms with E-state index in [2.05, 4.69) is 4.90 Å². The molecular weight excluding hydrogens is 166 g/mol. The number of likely N-dealkylation sites (tertiary alicyclic amines) is 1. The summed E-state index contributed by atoms with van der Waals surface area (Å²) in [5, 5.41) is 9.72. The van der Waals surface area contributed by atoms with Gasteiger partial charge in [-0.05, 0) is 32.4 Å². The molecule has 0 bridgehead atoms. The van der Waals surface area contributed by atoms with Crippen molar-refractivity contribution < 1.29 is 9.84 Å². The summed E-state index contributed by atoms with van der Waals surface area (Å²) >= 11 is 0. The summed E-state index contributed by atoms with van der Waals surface area (Å²) in [4.78, 5) is 2.45. The van der Waals surface area contributed by atoms with Gasteiger partial charge in [-0.1, -0.05) is 0 Å². The van der Waals surface area contributed by atoms with Gasteiger partial charge in [-0.25, -0.2) is 0 Å². The zero-order chi connectivity index (χ0) is 9.10. The van der Waals surface area contributed by atoms with Crippen LogP contribution >= 0.6 is 0 Å². The summed E-state index contributed by atoms with van der Waals surface area (Å²) in [6.07, 6.45) is 3.33. The third kappa shape index (κ3) is 2.42. The van der Waals surface area contributed by atoms with Gasteiger partial charge in [-0.2, -0.15) is 0 Å². The van der Waals surface area contributed by atoms with Crippen LogP contribution in [0.1, 0.15) is 19.3 Å². The quantitative estimate of drug-likeness (QED) is 0.679. The van der Waals surface area contributed by atoms with Crippen LogP contribution in [0.2, 0.25) is 0 Å². The van der Waals surface area contributed by atoms with E-state index in [0.717, 1.165) is 26.2 Å². The molecule has 2 aliphatic heterocycles. The standard InChI is InChI=1S/C10H19NO2/c12-10-3-6-13-8-9(10)7-11-4-1-2-5-11/h9-10,12H,1-8H2. The van der Waals surface area contributed by atoms with Crippen LogP contribution in [0.25, 0.3) is 0 Å². The van der Waals surface area contributed by atoms with Crippen molar-refractivity contribution >= 4 is 0 Å². The van der Waals surface area contributed by atoms with Crippen molar-refractivity contribution in [1.82, 2.24) is 4.90 Å². The fourth-order valence-corrected chi connectivity index (χ4v) is 2.26. The molecule has 0 aromatic rings. The lowest BCUT2D eigenvalue weighted by molar-refractivity contribution is -0.0446. The fraction of sp³-hybridized carbons (Fsp3) is 1.00. The van der Waals surface area contributed by atoms with Crippen molar-refractivity contribution in [3.05, 3.63) is 0 Å². The Morgan fingerprint density at radius 3 is 2.77 bits per heavy atom. The average Bonchev–Trinajstić information content (AvgIpc) is 2.61. The molecule has 2 rings (SSSR count). The predicted molar refractivity (Wildman–Crippen MR) is 50.6 cm³/mol. The Morgan fingerprint density at radius 2 is 2.08 bits per heavy atom. The van der Waals surface area contributed by atoms with Gasteiger partial charge in [-0.15, -0.1) is 0 Å². The van der Waals surface area contributed by atoms with E-state index < -0.39 is 0 Å². The van der Waals surface area contributed by atoms with E-state index in [0.29, 0.717) is 5.92 Å². The molecule has 2 fully saturated rings. The van der Waals surface area contributed by atoms with Crippen LogP contribution < -0.4 is 0 Å². The van der Waals surface area contributed by atoms with Gasteiger partial charge < -0.3 is 14.7 Å². The topological polar surface area (TPSA) is 32.7 Å². The van der Waals surface area contributed by atoms with Crippen molar-refractivity contribution in [2.24, 2.45) is 5.92 Å². The number of aliphatic hydroxyl groups is 1. The van der Waals surface area contributed by atoms with E-state index >= 15 is 0 Å². The minimum absolute atomic E-state index is 0.130. The van der Waals surface area contributed by atoms with Gasteiger partial charge in [0.2, 0.25) is 0 Å². The van der Waals surface area contributed by atoms with E-state index in [4.69, 9.17) is 4.74 Å². The summed E-state index contributed by atoms with van der Waals surface area (Å²) in [5.41, 5.74) is 0. The van der Waals surface area contributed by atoms with Crippen LogP contribution in [0, 0.1) is 5.92 Å². The molecule has 0 aliphatic carbocycles. The van der Waals surface area contributed by atoms with Crippen LogP contribution in [-0.2, 0) is 4.74 Å². The first kappa shape index (κ1) is 9.44. The maximum absolute atomic E-state index is 9.72. The van der Waals surface area contributed by atoms with Crippen LogP contribution in [0.5, 0.6) is 0 Å². The highest BCUT2D eigenvalue weighted by Gasteiger charge is 2.26. The third-order valence-corrected chi connectivity index (χ3v) is 3.13. The highest BCUT2D eigenvalue weighted by Crippen LogP contribution is 2.18. The second-order valence-electron chi connectivity index (χ2n) is 4.20. The lowest BCUT2D eigenvalue weighted by Crippen LogP contribution is -2.40. The number of hydrogen-bond acceptors (Lipinski definition) is 3. The van der Waals surface area contributed by atoms with E-state index in [-0.39, 0.29) is 6.10 Å². The minimum atomic E-state index is -0.130. The van der Waals surface area contributed by atoms with Crippen molar-refractivity contribution in [3.63, 3.8) is 0 Å². The van der Waals surface area contributed by atoms with Crippen LogP contribution in [0.4, 0.5) is 0 Å². The van der Waals surface area contributed by atoms with Crippen molar-refractivity contribution in [3.8, 4) is 0 Å². The number of hydrogen-bond donors (Lipinski definition) is 1. The van der Waals surface area contributed by atoms with Crippen molar-refractivity contribution in [2.45, 2.75) is 25.4 Å².